The van der Waals surface area contributed by atoms with E-state index in [9.17, 15) is 45.6 Å². The minimum Gasteiger partial charge on any atom is -0.477 e. The van der Waals surface area contributed by atoms with Crippen LogP contribution in [0.25, 0.3) is 0 Å². The Morgan fingerprint density at radius 2 is 1.26 bits per heavy atom. The predicted molar refractivity (Wildman–Crippen MR) is 119 cm³/mol. The molecule has 2 unspecified atom stereocenters. The van der Waals surface area contributed by atoms with Crippen molar-refractivity contribution in [3.63, 3.8) is 0 Å². The first-order valence-corrected chi connectivity index (χ1v) is 11.7. The lowest BCUT2D eigenvalue weighted by atomic mass is 9.94. The summed E-state index contributed by atoms with van der Waals surface area (Å²) in [5, 5.41) is 89.7. The molecule has 18 heteroatoms. The number of nitrogens with two attached hydrogens (primary N) is 2. The van der Waals surface area contributed by atoms with Gasteiger partial charge in [0, 0.05) is 0 Å². The molecule has 3 rings (SSSR count). The molecule has 3 saturated heterocycles. The van der Waals surface area contributed by atoms with Gasteiger partial charge < -0.3 is 81.1 Å². The molecule has 0 amide bonds. The van der Waals surface area contributed by atoms with Crippen LogP contribution in [-0.2, 0) is 28.5 Å². The maximum atomic E-state index is 11.1. The van der Waals surface area contributed by atoms with Gasteiger partial charge in [-0.15, -0.1) is 0 Å². The van der Waals surface area contributed by atoms with Gasteiger partial charge in [-0.05, 0) is 0 Å². The van der Waals surface area contributed by atoms with E-state index in [4.69, 9.17) is 40.3 Å². The van der Waals surface area contributed by atoms with E-state index in [0.717, 1.165) is 0 Å². The second-order valence-electron chi connectivity index (χ2n) is 9.12. The maximum absolute atomic E-state index is 11.1. The Morgan fingerprint density at radius 1 is 0.737 bits per heavy atom. The second kappa shape index (κ2) is 13.3. The van der Waals surface area contributed by atoms with E-state index in [1.54, 1.807) is 0 Å². The fourth-order valence-corrected chi connectivity index (χ4v) is 4.45. The van der Waals surface area contributed by atoms with Crippen molar-refractivity contribution in [3.05, 3.63) is 0 Å². The van der Waals surface area contributed by atoms with Gasteiger partial charge in [0.1, 0.15) is 67.2 Å². The quantitative estimate of drug-likeness (QED) is 0.117. The molecule has 38 heavy (non-hydrogen) atoms. The summed E-state index contributed by atoms with van der Waals surface area (Å²) in [5.74, 6) is -1.50. The van der Waals surface area contributed by atoms with Crippen LogP contribution < -0.4 is 11.5 Å². The number of ether oxygens (including phenoxy) is 5. The number of carboxylic acids is 1. The average molecular weight is 558 g/mol. The molecule has 0 bridgehead atoms. The van der Waals surface area contributed by atoms with Gasteiger partial charge in [0.15, 0.2) is 18.9 Å². The van der Waals surface area contributed by atoms with Crippen molar-refractivity contribution in [1.82, 2.24) is 0 Å². The van der Waals surface area contributed by atoms with Crippen LogP contribution in [0.4, 0.5) is 0 Å². The highest BCUT2D eigenvalue weighted by Crippen LogP contribution is 2.32. The molecule has 0 radical (unpaired) electrons. The summed E-state index contributed by atoms with van der Waals surface area (Å²) < 4.78 is 27.6. The Kier molecular flexibility index (Phi) is 10.8. The fraction of sp³-hybridized carbons (Fsp3) is 0.900. The van der Waals surface area contributed by atoms with Crippen molar-refractivity contribution in [1.29, 1.82) is 0 Å². The van der Waals surface area contributed by atoms with Crippen molar-refractivity contribution < 1.29 is 74.4 Å². The summed E-state index contributed by atoms with van der Waals surface area (Å²) in [7, 11) is 0. The lowest BCUT2D eigenvalue weighted by Gasteiger charge is -2.48. The van der Waals surface area contributed by atoms with E-state index in [1.807, 2.05) is 0 Å². The summed E-state index contributed by atoms with van der Waals surface area (Å²) in [6.07, 6.45) is -18.0. The third-order valence-electron chi connectivity index (χ3n) is 6.61. The van der Waals surface area contributed by atoms with Crippen LogP contribution in [0.3, 0.4) is 0 Å². The molecule has 0 spiro atoms. The van der Waals surface area contributed by atoms with E-state index < -0.39 is 118 Å². The van der Waals surface area contributed by atoms with Crippen LogP contribution in [0.15, 0.2) is 4.99 Å². The lowest BCUT2D eigenvalue weighted by Crippen LogP contribution is -2.67. The molecule has 0 saturated carbocycles. The highest BCUT2D eigenvalue weighted by molar-refractivity contribution is 6.22. The highest BCUT2D eigenvalue weighted by atomic mass is 16.7. The second-order valence-corrected chi connectivity index (χ2v) is 9.12. The average Bonchev–Trinajstić information content (AvgIpc) is 2.89. The third kappa shape index (κ3) is 6.46. The van der Waals surface area contributed by atoms with Gasteiger partial charge in [0.05, 0.1) is 31.9 Å². The maximum Gasteiger partial charge on any atom is 0.346 e. The summed E-state index contributed by atoms with van der Waals surface area (Å²) in [6.45, 7) is -2.26. The molecule has 3 fully saturated rings. The minimum absolute atomic E-state index is 0.432. The molecule has 15 atom stereocenters. The Hall–Kier alpha value is -1.46. The Balaban J connectivity index is 1.86. The van der Waals surface area contributed by atoms with Gasteiger partial charge in [0.2, 0.25) is 0 Å². The minimum atomic E-state index is -1.79. The summed E-state index contributed by atoms with van der Waals surface area (Å²) in [5.41, 5.74) is 11.6. The number of aliphatic imine (C=N–C) groups is 1. The van der Waals surface area contributed by atoms with Crippen LogP contribution in [-0.4, -0.2) is 170 Å². The third-order valence-corrected chi connectivity index (χ3v) is 6.61. The number of aliphatic hydroxyl groups is 8. The van der Waals surface area contributed by atoms with Crippen LogP contribution in [0.1, 0.15) is 0 Å². The van der Waals surface area contributed by atoms with Crippen molar-refractivity contribution in [3.8, 4) is 0 Å². The van der Waals surface area contributed by atoms with E-state index in [0.29, 0.717) is 6.21 Å². The Morgan fingerprint density at radius 3 is 1.84 bits per heavy atom. The van der Waals surface area contributed by atoms with Gasteiger partial charge in [-0.1, -0.05) is 0 Å². The van der Waals surface area contributed by atoms with E-state index >= 15 is 0 Å². The topological polar surface area (TPSA) is 310 Å². The molecule has 0 aromatic rings. The van der Waals surface area contributed by atoms with Gasteiger partial charge in [-0.3, -0.25) is 4.99 Å². The molecule has 3 aliphatic heterocycles. The normalized spacial score (nSPS) is 48.3. The van der Waals surface area contributed by atoms with Crippen molar-refractivity contribution in [2.24, 2.45) is 16.5 Å². The van der Waals surface area contributed by atoms with Crippen LogP contribution in [0.5, 0.6) is 0 Å². The van der Waals surface area contributed by atoms with Gasteiger partial charge in [-0.2, -0.15) is 0 Å². The van der Waals surface area contributed by atoms with E-state index in [2.05, 4.69) is 4.99 Å². The van der Waals surface area contributed by atoms with Gasteiger partial charge in [-0.25, -0.2) is 4.79 Å². The highest BCUT2D eigenvalue weighted by Gasteiger charge is 2.53. The molecule has 0 aromatic carbocycles. The molecule has 0 aromatic heterocycles. The van der Waals surface area contributed by atoms with Crippen molar-refractivity contribution >= 4 is 12.2 Å². The van der Waals surface area contributed by atoms with Gasteiger partial charge in [0.25, 0.3) is 0 Å². The predicted octanol–water partition coefficient (Wildman–Crippen LogP) is -7.48. The first-order chi connectivity index (χ1) is 17.9. The largest absolute Gasteiger partial charge is 0.477 e. The van der Waals surface area contributed by atoms with Crippen molar-refractivity contribution in [2.45, 2.75) is 91.9 Å². The van der Waals surface area contributed by atoms with E-state index in [-0.39, 0.29) is 0 Å². The zero-order chi connectivity index (χ0) is 28.3. The first-order valence-electron chi connectivity index (χ1n) is 11.7. The molecule has 220 valence electrons. The number of rotatable bonds is 9. The zero-order valence-electron chi connectivity index (χ0n) is 19.9. The standard InChI is InChI=1S/C20H35N3O15/c21-9-14(31)16(6(3-25)34-18(9)33)38-20-11(23-1-8(27)28)15(32)17(7(4-26)36-20)37-19-10(22)13(30)12(29)5(2-24)35-19/h1,5-7,9-20,24-26,29-33H,2-4,21-22H2,(H,27,28)/t5-,6-,7-,9-,10-,11-,12-,13-,14-,15-,16?,17?,18-,19+,20+/m1/s1. The summed E-state index contributed by atoms with van der Waals surface area (Å²) in [4.78, 5) is 14.9. The number of aliphatic hydroxyl groups excluding tert-OH is 8. The number of hydrogen-bond acceptors (Lipinski definition) is 17. The Labute approximate surface area is 215 Å². The summed E-state index contributed by atoms with van der Waals surface area (Å²) in [6, 6.07) is -4.33. The number of aliphatic carboxylic acids is 1. The van der Waals surface area contributed by atoms with Gasteiger partial charge >= 0.3 is 5.97 Å². The molecule has 0 aliphatic carbocycles. The molecule has 13 N–H and O–H groups in total. The monoisotopic (exact) mass is 557 g/mol. The number of hydrogen-bond donors (Lipinski definition) is 11. The zero-order valence-corrected chi connectivity index (χ0v) is 19.9. The van der Waals surface area contributed by atoms with Crippen LogP contribution in [0, 0.1) is 0 Å². The molecule has 3 heterocycles. The number of carboxylic acid groups (broad SMARTS) is 1. The van der Waals surface area contributed by atoms with Crippen LogP contribution >= 0.6 is 0 Å². The SMILES string of the molecule is N[C@H]1[C@H](OC2[C@@H](CO)O[C@@H](OC3[C@@H](CO)O[C@@H](O)[C@H](N)[C@H]3O)[C@H](N=CC(=O)O)[C@H]2O)O[C@H](CO)[C@@H](O)[C@@H]1O. The number of carbonyl (C=O) groups is 1. The van der Waals surface area contributed by atoms with E-state index in [1.165, 1.54) is 0 Å². The first kappa shape index (κ1) is 31.1. The summed E-state index contributed by atoms with van der Waals surface area (Å²) >= 11 is 0. The fourth-order valence-electron chi connectivity index (χ4n) is 4.45. The smallest absolute Gasteiger partial charge is 0.346 e. The molecular formula is C20H35N3O15. The molecule has 18 nitrogen and oxygen atoms in total. The van der Waals surface area contributed by atoms with Crippen LogP contribution in [0.2, 0.25) is 0 Å². The lowest BCUT2D eigenvalue weighted by molar-refractivity contribution is -0.347. The molecular weight excluding hydrogens is 522 g/mol. The number of nitrogens with zero attached hydrogens (tertiary/aromatic N) is 1. The Bertz CT molecular complexity index is 806. The molecule has 3 aliphatic rings. The van der Waals surface area contributed by atoms with Crippen molar-refractivity contribution in [2.75, 3.05) is 19.8 Å².